The molecule has 3 rings (SSSR count). The SMILES string of the molecule is O=C(/C=C/c1ccsc1)OCC(=O)N(c1ccccc1)[C@@H]1C=CS(=O)(=O)C1. The first-order valence-electron chi connectivity index (χ1n) is 8.10. The highest BCUT2D eigenvalue weighted by atomic mass is 32.2. The third-order valence-electron chi connectivity index (χ3n) is 3.84. The summed E-state index contributed by atoms with van der Waals surface area (Å²) in [6.45, 7) is -0.480. The fourth-order valence-corrected chi connectivity index (χ4v) is 4.51. The van der Waals surface area contributed by atoms with E-state index < -0.39 is 34.4 Å². The van der Waals surface area contributed by atoms with Gasteiger partial charge >= 0.3 is 5.97 Å². The zero-order valence-electron chi connectivity index (χ0n) is 14.2. The van der Waals surface area contributed by atoms with Gasteiger partial charge in [0.1, 0.15) is 0 Å². The second-order valence-corrected chi connectivity index (χ2v) is 8.53. The summed E-state index contributed by atoms with van der Waals surface area (Å²) >= 11 is 1.51. The number of carbonyl (C=O) groups excluding carboxylic acids is 2. The maximum Gasteiger partial charge on any atom is 0.331 e. The topological polar surface area (TPSA) is 80.8 Å². The van der Waals surface area contributed by atoms with Crippen LogP contribution >= 0.6 is 11.3 Å². The number of benzene rings is 1. The number of amides is 1. The normalized spacial score (nSPS) is 17.9. The Labute approximate surface area is 161 Å². The summed E-state index contributed by atoms with van der Waals surface area (Å²) in [7, 11) is -3.34. The van der Waals surface area contributed by atoms with E-state index >= 15 is 0 Å². The second-order valence-electron chi connectivity index (χ2n) is 5.82. The number of hydrogen-bond donors (Lipinski definition) is 0. The minimum Gasteiger partial charge on any atom is -0.452 e. The van der Waals surface area contributed by atoms with Crippen LogP contribution in [0.25, 0.3) is 6.08 Å². The molecule has 0 spiro atoms. The van der Waals surface area contributed by atoms with Crippen molar-refractivity contribution in [3.63, 3.8) is 0 Å². The molecule has 1 aliphatic heterocycles. The third kappa shape index (κ3) is 5.15. The van der Waals surface area contributed by atoms with Crippen LogP contribution < -0.4 is 4.90 Å². The van der Waals surface area contributed by atoms with Crippen LogP contribution in [-0.4, -0.2) is 38.7 Å². The molecule has 0 saturated carbocycles. The van der Waals surface area contributed by atoms with Gasteiger partial charge in [0, 0.05) is 17.2 Å². The second kappa shape index (κ2) is 8.32. The summed E-state index contributed by atoms with van der Waals surface area (Å²) in [6, 6.07) is 9.91. The smallest absolute Gasteiger partial charge is 0.331 e. The monoisotopic (exact) mass is 403 g/mol. The Morgan fingerprint density at radius 2 is 2.00 bits per heavy atom. The first-order chi connectivity index (χ1) is 12.9. The molecular weight excluding hydrogens is 386 g/mol. The number of ether oxygens (including phenoxy) is 1. The van der Waals surface area contributed by atoms with Crippen molar-refractivity contribution in [2.45, 2.75) is 6.04 Å². The van der Waals surface area contributed by atoms with Gasteiger partial charge in [-0.25, -0.2) is 13.2 Å². The summed E-state index contributed by atoms with van der Waals surface area (Å²) in [6.07, 6.45) is 4.32. The van der Waals surface area contributed by atoms with Crippen LogP contribution in [0.5, 0.6) is 0 Å². The van der Waals surface area contributed by atoms with Crippen molar-refractivity contribution >= 4 is 44.8 Å². The molecule has 0 saturated heterocycles. The Morgan fingerprint density at radius 1 is 1.22 bits per heavy atom. The van der Waals surface area contributed by atoms with Crippen molar-refractivity contribution in [3.8, 4) is 0 Å². The van der Waals surface area contributed by atoms with Crippen molar-refractivity contribution < 1.29 is 22.7 Å². The van der Waals surface area contributed by atoms with E-state index in [1.807, 2.05) is 16.8 Å². The highest BCUT2D eigenvalue weighted by Crippen LogP contribution is 2.22. The molecule has 27 heavy (non-hydrogen) atoms. The molecular formula is C19H17NO5S2. The minimum atomic E-state index is -3.34. The molecule has 2 heterocycles. The van der Waals surface area contributed by atoms with Gasteiger partial charge in [-0.1, -0.05) is 18.2 Å². The average Bonchev–Trinajstić information content (AvgIpc) is 3.29. The lowest BCUT2D eigenvalue weighted by Gasteiger charge is -2.27. The fourth-order valence-electron chi connectivity index (χ4n) is 2.61. The molecule has 6 nitrogen and oxygen atoms in total. The number of carbonyl (C=O) groups is 2. The first kappa shape index (κ1) is 19.1. The molecule has 1 atom stereocenters. The van der Waals surface area contributed by atoms with E-state index in [4.69, 9.17) is 4.74 Å². The molecule has 8 heteroatoms. The van der Waals surface area contributed by atoms with Gasteiger partial charge in [-0.3, -0.25) is 4.79 Å². The lowest BCUT2D eigenvalue weighted by Crippen LogP contribution is -2.43. The summed E-state index contributed by atoms with van der Waals surface area (Å²) in [5.41, 5.74) is 1.41. The van der Waals surface area contributed by atoms with E-state index in [0.29, 0.717) is 5.69 Å². The molecule has 0 radical (unpaired) electrons. The number of sulfone groups is 1. The first-order valence-corrected chi connectivity index (χ1v) is 10.8. The Balaban J connectivity index is 1.68. The molecule has 0 bridgehead atoms. The van der Waals surface area contributed by atoms with Gasteiger partial charge in [-0.15, -0.1) is 0 Å². The summed E-state index contributed by atoms with van der Waals surface area (Å²) in [4.78, 5) is 25.9. The maximum atomic E-state index is 12.7. The van der Waals surface area contributed by atoms with E-state index in [1.54, 1.807) is 36.4 Å². The number of hydrogen-bond acceptors (Lipinski definition) is 6. The van der Waals surface area contributed by atoms with Crippen molar-refractivity contribution in [3.05, 3.63) is 70.3 Å². The van der Waals surface area contributed by atoms with Crippen LogP contribution in [0.4, 0.5) is 5.69 Å². The van der Waals surface area contributed by atoms with Crippen molar-refractivity contribution in [1.29, 1.82) is 0 Å². The number of esters is 1. The molecule has 1 aliphatic rings. The van der Waals surface area contributed by atoms with Gasteiger partial charge in [0.25, 0.3) is 5.91 Å². The van der Waals surface area contributed by atoms with Crippen molar-refractivity contribution in [2.24, 2.45) is 0 Å². The van der Waals surface area contributed by atoms with Crippen LogP contribution in [0.2, 0.25) is 0 Å². The molecule has 0 aliphatic carbocycles. The van der Waals surface area contributed by atoms with E-state index in [1.165, 1.54) is 28.4 Å². The number of rotatable bonds is 6. The molecule has 2 aromatic rings. The molecule has 0 fully saturated rings. The van der Waals surface area contributed by atoms with Gasteiger partial charge in [0.15, 0.2) is 16.4 Å². The van der Waals surface area contributed by atoms with Gasteiger partial charge in [-0.05, 0) is 46.7 Å². The van der Waals surface area contributed by atoms with E-state index in [9.17, 15) is 18.0 Å². The Hall–Kier alpha value is -2.71. The zero-order valence-corrected chi connectivity index (χ0v) is 15.9. The number of para-hydroxylation sites is 1. The van der Waals surface area contributed by atoms with Gasteiger partial charge < -0.3 is 9.64 Å². The highest BCUT2D eigenvalue weighted by Gasteiger charge is 2.31. The molecule has 1 amide bonds. The molecule has 1 aromatic heterocycles. The van der Waals surface area contributed by atoms with Crippen LogP contribution in [0.1, 0.15) is 5.56 Å². The Morgan fingerprint density at radius 3 is 2.63 bits per heavy atom. The lowest BCUT2D eigenvalue weighted by molar-refractivity contribution is -0.143. The molecule has 0 unspecified atom stereocenters. The standard InChI is InChI=1S/C19H17NO5S2/c21-18(12-25-19(22)7-6-15-8-10-26-13-15)20(16-4-2-1-3-5-16)17-9-11-27(23,24)14-17/h1-11,13,17H,12,14H2/b7-6+/t17-/m1/s1. The van der Waals surface area contributed by atoms with Gasteiger partial charge in [0.05, 0.1) is 11.8 Å². The van der Waals surface area contributed by atoms with E-state index in [2.05, 4.69) is 0 Å². The largest absolute Gasteiger partial charge is 0.452 e. The van der Waals surface area contributed by atoms with E-state index in [0.717, 1.165) is 11.0 Å². The molecule has 1 aromatic carbocycles. The predicted molar refractivity (Wildman–Crippen MR) is 105 cm³/mol. The lowest BCUT2D eigenvalue weighted by atomic mass is 10.2. The molecule has 140 valence electrons. The summed E-state index contributed by atoms with van der Waals surface area (Å²) in [5.74, 6) is -1.33. The fraction of sp³-hybridized carbons (Fsp3) is 0.158. The maximum absolute atomic E-state index is 12.7. The van der Waals surface area contributed by atoms with Crippen LogP contribution in [0.15, 0.2) is 64.7 Å². The highest BCUT2D eigenvalue weighted by molar-refractivity contribution is 7.94. The molecule has 0 N–H and O–H groups in total. The summed E-state index contributed by atoms with van der Waals surface area (Å²) in [5, 5.41) is 4.87. The summed E-state index contributed by atoms with van der Waals surface area (Å²) < 4.78 is 28.5. The zero-order chi connectivity index (χ0) is 19.3. The minimum absolute atomic E-state index is 0.195. The van der Waals surface area contributed by atoms with Gasteiger partial charge in [0.2, 0.25) is 0 Å². The average molecular weight is 403 g/mol. The van der Waals surface area contributed by atoms with Crippen LogP contribution in [-0.2, 0) is 24.2 Å². The van der Waals surface area contributed by atoms with Crippen LogP contribution in [0.3, 0.4) is 0 Å². The van der Waals surface area contributed by atoms with Gasteiger partial charge in [-0.2, -0.15) is 11.3 Å². The van der Waals surface area contributed by atoms with E-state index in [-0.39, 0.29) is 5.75 Å². The van der Waals surface area contributed by atoms with Crippen molar-refractivity contribution in [1.82, 2.24) is 0 Å². The van der Waals surface area contributed by atoms with Crippen LogP contribution in [0, 0.1) is 0 Å². The number of thiophene rings is 1. The Kier molecular flexibility index (Phi) is 5.88. The van der Waals surface area contributed by atoms with Crippen molar-refractivity contribution in [2.75, 3.05) is 17.3 Å². The Bertz CT molecular complexity index is 963. The quantitative estimate of drug-likeness (QED) is 0.547. The number of nitrogens with zero attached hydrogens (tertiary/aromatic N) is 1. The number of anilines is 1. The predicted octanol–water partition coefficient (Wildman–Crippen LogP) is 2.65. The third-order valence-corrected chi connectivity index (χ3v) is 5.92.